The Hall–Kier alpha value is -1.18. The van der Waals surface area contributed by atoms with Crippen molar-refractivity contribution in [3.63, 3.8) is 0 Å². The molecule has 0 aliphatic carbocycles. The van der Waals surface area contributed by atoms with E-state index in [-0.39, 0.29) is 22.7 Å². The fourth-order valence-electron chi connectivity index (χ4n) is 1.95. The molecule has 1 aromatic rings. The maximum atomic E-state index is 11.9. The number of carbonyl (C=O) groups excluding carboxylic acids is 1. The van der Waals surface area contributed by atoms with Crippen LogP contribution < -0.4 is 10.6 Å². The minimum Gasteiger partial charge on any atom is -0.359 e. The third-order valence-electron chi connectivity index (χ3n) is 2.91. The zero-order valence-corrected chi connectivity index (χ0v) is 12.8. The first-order valence-corrected chi connectivity index (χ1v) is 8.55. The molecular formula is C12H13ClN2O3S2. The first kappa shape index (κ1) is 15.2. The highest BCUT2D eigenvalue weighted by Crippen LogP contribution is 2.14. The number of thiocarbonyl (C=S) groups is 1. The van der Waals surface area contributed by atoms with Crippen molar-refractivity contribution in [2.45, 2.75) is 12.5 Å². The van der Waals surface area contributed by atoms with Crippen LogP contribution in [0.25, 0.3) is 0 Å². The van der Waals surface area contributed by atoms with Gasteiger partial charge in [0.25, 0.3) is 5.91 Å². The molecular weight excluding hydrogens is 320 g/mol. The van der Waals surface area contributed by atoms with Gasteiger partial charge in [0.2, 0.25) is 0 Å². The third kappa shape index (κ3) is 3.91. The second kappa shape index (κ2) is 6.07. The maximum absolute atomic E-state index is 11.9. The lowest BCUT2D eigenvalue weighted by molar-refractivity contribution is 0.0976. The quantitative estimate of drug-likeness (QED) is 0.794. The molecule has 1 aliphatic heterocycles. The van der Waals surface area contributed by atoms with Crippen molar-refractivity contribution in [2.75, 3.05) is 11.5 Å². The summed E-state index contributed by atoms with van der Waals surface area (Å²) in [6, 6.07) is 6.36. The first-order chi connectivity index (χ1) is 9.37. The number of hydrogen-bond acceptors (Lipinski definition) is 4. The SMILES string of the molecule is O=C(NC(=S)NC1CCS(=O)(=O)C1)c1ccccc1Cl. The van der Waals surface area contributed by atoms with Gasteiger partial charge >= 0.3 is 0 Å². The van der Waals surface area contributed by atoms with Crippen LogP contribution in [0.4, 0.5) is 0 Å². The molecule has 0 spiro atoms. The third-order valence-corrected chi connectivity index (χ3v) is 5.23. The summed E-state index contributed by atoms with van der Waals surface area (Å²) in [5.41, 5.74) is 0.317. The molecule has 0 aromatic heterocycles. The van der Waals surface area contributed by atoms with Crippen molar-refractivity contribution in [3.05, 3.63) is 34.9 Å². The smallest absolute Gasteiger partial charge is 0.258 e. The molecule has 1 fully saturated rings. The Morgan fingerprint density at radius 1 is 1.35 bits per heavy atom. The van der Waals surface area contributed by atoms with E-state index in [1.807, 2.05) is 0 Å². The average Bonchev–Trinajstić information content (AvgIpc) is 2.68. The number of amides is 1. The number of benzene rings is 1. The lowest BCUT2D eigenvalue weighted by Gasteiger charge is -2.14. The highest BCUT2D eigenvalue weighted by Gasteiger charge is 2.28. The van der Waals surface area contributed by atoms with Crippen molar-refractivity contribution >= 4 is 44.7 Å². The van der Waals surface area contributed by atoms with Crippen molar-refractivity contribution in [1.29, 1.82) is 0 Å². The minimum absolute atomic E-state index is 0.0368. The molecule has 2 N–H and O–H groups in total. The molecule has 1 aromatic carbocycles. The Bertz CT molecular complexity index is 646. The highest BCUT2D eigenvalue weighted by molar-refractivity contribution is 7.91. The summed E-state index contributed by atoms with van der Waals surface area (Å²) in [4.78, 5) is 11.9. The van der Waals surface area contributed by atoms with Gasteiger partial charge in [-0.1, -0.05) is 23.7 Å². The monoisotopic (exact) mass is 332 g/mol. The lowest BCUT2D eigenvalue weighted by atomic mass is 10.2. The Kier molecular flexibility index (Phi) is 4.62. The molecule has 2 rings (SSSR count). The van der Waals surface area contributed by atoms with Crippen molar-refractivity contribution in [2.24, 2.45) is 0 Å². The summed E-state index contributed by atoms with van der Waals surface area (Å²) in [5.74, 6) is -0.241. The van der Waals surface area contributed by atoms with E-state index in [1.54, 1.807) is 24.3 Å². The van der Waals surface area contributed by atoms with Gasteiger partial charge in [-0.05, 0) is 30.8 Å². The molecule has 0 bridgehead atoms. The summed E-state index contributed by atoms with van der Waals surface area (Å²) < 4.78 is 22.6. The fraction of sp³-hybridized carbons (Fsp3) is 0.333. The lowest BCUT2D eigenvalue weighted by Crippen LogP contribution is -2.44. The largest absolute Gasteiger partial charge is 0.359 e. The zero-order chi connectivity index (χ0) is 14.8. The van der Waals surface area contributed by atoms with E-state index in [9.17, 15) is 13.2 Å². The second-order valence-electron chi connectivity index (χ2n) is 4.51. The van der Waals surface area contributed by atoms with Gasteiger partial charge in [0, 0.05) is 6.04 Å². The topological polar surface area (TPSA) is 75.3 Å². The van der Waals surface area contributed by atoms with Crippen molar-refractivity contribution < 1.29 is 13.2 Å². The van der Waals surface area contributed by atoms with Crippen LogP contribution in [0, 0.1) is 0 Å². The van der Waals surface area contributed by atoms with Gasteiger partial charge in [-0.2, -0.15) is 0 Å². The molecule has 1 heterocycles. The Morgan fingerprint density at radius 3 is 2.65 bits per heavy atom. The van der Waals surface area contributed by atoms with Crippen LogP contribution in [-0.4, -0.2) is 37.0 Å². The molecule has 1 saturated heterocycles. The molecule has 1 atom stereocenters. The van der Waals surface area contributed by atoms with Gasteiger partial charge in [-0.3, -0.25) is 10.1 Å². The number of halogens is 1. The van der Waals surface area contributed by atoms with Crippen LogP contribution in [0.2, 0.25) is 5.02 Å². The van der Waals surface area contributed by atoms with Crippen LogP contribution in [0.1, 0.15) is 16.8 Å². The second-order valence-corrected chi connectivity index (χ2v) is 7.55. The highest BCUT2D eigenvalue weighted by atomic mass is 35.5. The average molecular weight is 333 g/mol. The normalized spacial score (nSPS) is 20.4. The van der Waals surface area contributed by atoms with Crippen LogP contribution >= 0.6 is 23.8 Å². The predicted molar refractivity (Wildman–Crippen MR) is 81.7 cm³/mol. The van der Waals surface area contributed by atoms with E-state index >= 15 is 0 Å². The van der Waals surface area contributed by atoms with Gasteiger partial charge in [0.05, 0.1) is 22.1 Å². The zero-order valence-electron chi connectivity index (χ0n) is 10.4. The number of nitrogens with one attached hydrogen (secondary N) is 2. The molecule has 1 aliphatic rings. The minimum atomic E-state index is -2.98. The van der Waals surface area contributed by atoms with E-state index in [2.05, 4.69) is 10.6 Å². The summed E-state index contributed by atoms with van der Waals surface area (Å²) >= 11 is 10.9. The Morgan fingerprint density at radius 2 is 2.05 bits per heavy atom. The number of rotatable bonds is 2. The molecule has 5 nitrogen and oxygen atoms in total. The predicted octanol–water partition coefficient (Wildman–Crippen LogP) is 1.13. The first-order valence-electron chi connectivity index (χ1n) is 5.94. The van der Waals surface area contributed by atoms with Gasteiger partial charge in [0.15, 0.2) is 14.9 Å². The Balaban J connectivity index is 1.92. The van der Waals surface area contributed by atoms with Gasteiger partial charge < -0.3 is 5.32 Å². The van der Waals surface area contributed by atoms with Crippen LogP contribution in [-0.2, 0) is 9.84 Å². The van der Waals surface area contributed by atoms with Crippen molar-refractivity contribution in [3.8, 4) is 0 Å². The van der Waals surface area contributed by atoms with Crippen LogP contribution in [0.15, 0.2) is 24.3 Å². The standard InChI is InChI=1S/C12H13ClN2O3S2/c13-10-4-2-1-3-9(10)11(16)15-12(19)14-8-5-6-20(17,18)7-8/h1-4,8H,5-7H2,(H2,14,15,16,19). The fourth-order valence-corrected chi connectivity index (χ4v) is 4.10. The van der Waals surface area contributed by atoms with Gasteiger partial charge in [0.1, 0.15) is 0 Å². The molecule has 8 heteroatoms. The summed E-state index contributed by atoms with van der Waals surface area (Å²) in [6.45, 7) is 0. The molecule has 0 saturated carbocycles. The van der Waals surface area contributed by atoms with Crippen LogP contribution in [0.5, 0.6) is 0 Å². The Labute approximate surface area is 127 Å². The molecule has 0 radical (unpaired) electrons. The van der Waals surface area contributed by atoms with Gasteiger partial charge in [-0.15, -0.1) is 0 Å². The number of hydrogen-bond donors (Lipinski definition) is 2. The van der Waals surface area contributed by atoms with E-state index in [0.29, 0.717) is 17.0 Å². The number of carbonyl (C=O) groups is 1. The van der Waals surface area contributed by atoms with Crippen LogP contribution in [0.3, 0.4) is 0 Å². The summed E-state index contributed by atoms with van der Waals surface area (Å²) in [5, 5.41) is 5.76. The summed E-state index contributed by atoms with van der Waals surface area (Å²) in [6.07, 6.45) is 0.491. The molecule has 20 heavy (non-hydrogen) atoms. The molecule has 1 amide bonds. The van der Waals surface area contributed by atoms with E-state index in [4.69, 9.17) is 23.8 Å². The van der Waals surface area contributed by atoms with Gasteiger partial charge in [-0.25, -0.2) is 8.42 Å². The van der Waals surface area contributed by atoms with E-state index < -0.39 is 15.7 Å². The van der Waals surface area contributed by atoms with E-state index in [0.717, 1.165) is 0 Å². The maximum Gasteiger partial charge on any atom is 0.258 e. The molecule has 108 valence electrons. The molecule has 1 unspecified atom stereocenters. The van der Waals surface area contributed by atoms with Crippen molar-refractivity contribution in [1.82, 2.24) is 10.6 Å². The summed E-state index contributed by atoms with van der Waals surface area (Å²) in [7, 11) is -2.98. The van der Waals surface area contributed by atoms with E-state index in [1.165, 1.54) is 0 Å². The number of sulfone groups is 1.